The lowest BCUT2D eigenvalue weighted by atomic mass is 10.1. The first-order chi connectivity index (χ1) is 10.8. The Morgan fingerprint density at radius 2 is 1.96 bits per heavy atom. The lowest BCUT2D eigenvalue weighted by Gasteiger charge is -2.17. The quantitative estimate of drug-likeness (QED) is 0.887. The van der Waals surface area contributed by atoms with Crippen molar-refractivity contribution in [3.05, 3.63) is 56.5 Å². The van der Waals surface area contributed by atoms with Crippen molar-refractivity contribution < 1.29 is 9.13 Å². The standard InChI is InChI=1S/C16H20FN3O3/c1-9(2)20-15(21)13(17)14(19-16(20)22)18-10(3)11-6-5-7-12(8-11)23-4/h5-10,18H,1-4H3,(H,19,22). The monoisotopic (exact) mass is 321 g/mol. The highest BCUT2D eigenvalue weighted by atomic mass is 19.1. The van der Waals surface area contributed by atoms with Crippen LogP contribution in [0.3, 0.4) is 0 Å². The Morgan fingerprint density at radius 3 is 2.57 bits per heavy atom. The van der Waals surface area contributed by atoms with E-state index in [4.69, 9.17) is 4.74 Å². The smallest absolute Gasteiger partial charge is 0.330 e. The summed E-state index contributed by atoms with van der Waals surface area (Å²) in [6.07, 6.45) is 0. The second kappa shape index (κ2) is 6.68. The van der Waals surface area contributed by atoms with E-state index in [2.05, 4.69) is 10.3 Å². The molecule has 1 aromatic carbocycles. The second-order valence-corrected chi connectivity index (χ2v) is 5.53. The maximum atomic E-state index is 14.2. The fourth-order valence-electron chi connectivity index (χ4n) is 2.31. The number of nitrogens with one attached hydrogen (secondary N) is 2. The van der Waals surface area contributed by atoms with Gasteiger partial charge in [0.15, 0.2) is 0 Å². The van der Waals surface area contributed by atoms with Crippen LogP contribution in [-0.4, -0.2) is 16.7 Å². The van der Waals surface area contributed by atoms with Crippen LogP contribution in [-0.2, 0) is 0 Å². The fourth-order valence-corrected chi connectivity index (χ4v) is 2.31. The van der Waals surface area contributed by atoms with E-state index in [1.165, 1.54) is 0 Å². The van der Waals surface area contributed by atoms with Gasteiger partial charge in [-0.05, 0) is 38.5 Å². The van der Waals surface area contributed by atoms with Crippen molar-refractivity contribution in [3.8, 4) is 5.75 Å². The SMILES string of the molecule is COc1cccc(C(C)Nc2[nH]c(=O)n(C(C)C)c(=O)c2F)c1. The maximum Gasteiger partial charge on any atom is 0.330 e. The zero-order chi connectivity index (χ0) is 17.1. The first kappa shape index (κ1) is 16.8. The molecule has 124 valence electrons. The summed E-state index contributed by atoms with van der Waals surface area (Å²) >= 11 is 0. The minimum atomic E-state index is -1.01. The first-order valence-electron chi connectivity index (χ1n) is 7.30. The Kier molecular flexibility index (Phi) is 4.88. The average molecular weight is 321 g/mol. The minimum absolute atomic E-state index is 0.216. The number of aromatic amines is 1. The number of hydrogen-bond donors (Lipinski definition) is 2. The minimum Gasteiger partial charge on any atom is -0.497 e. The number of ether oxygens (including phenoxy) is 1. The number of H-pyrrole nitrogens is 1. The molecule has 1 aromatic heterocycles. The topological polar surface area (TPSA) is 76.1 Å². The Labute approximate surface area is 132 Å². The molecule has 0 aliphatic rings. The fraction of sp³-hybridized carbons (Fsp3) is 0.375. The van der Waals surface area contributed by atoms with Gasteiger partial charge in [0.05, 0.1) is 13.2 Å². The number of aromatic nitrogens is 2. The van der Waals surface area contributed by atoms with Crippen molar-refractivity contribution >= 4 is 5.82 Å². The van der Waals surface area contributed by atoms with Gasteiger partial charge in [-0.2, -0.15) is 4.39 Å². The molecule has 0 radical (unpaired) electrons. The summed E-state index contributed by atoms with van der Waals surface area (Å²) in [5.41, 5.74) is -0.756. The summed E-state index contributed by atoms with van der Waals surface area (Å²) < 4.78 is 20.2. The second-order valence-electron chi connectivity index (χ2n) is 5.53. The van der Waals surface area contributed by atoms with Crippen molar-refractivity contribution in [3.63, 3.8) is 0 Å². The largest absolute Gasteiger partial charge is 0.497 e. The van der Waals surface area contributed by atoms with Crippen LogP contribution in [0.15, 0.2) is 33.9 Å². The van der Waals surface area contributed by atoms with Crippen LogP contribution in [0.4, 0.5) is 10.2 Å². The third-order valence-electron chi connectivity index (χ3n) is 3.55. The number of benzene rings is 1. The van der Waals surface area contributed by atoms with E-state index in [0.29, 0.717) is 5.75 Å². The Balaban J connectivity index is 2.36. The Morgan fingerprint density at radius 1 is 1.26 bits per heavy atom. The molecule has 7 heteroatoms. The van der Waals surface area contributed by atoms with Crippen LogP contribution in [0.5, 0.6) is 5.75 Å². The number of nitrogens with zero attached hydrogens (tertiary/aromatic N) is 1. The molecule has 2 N–H and O–H groups in total. The van der Waals surface area contributed by atoms with E-state index in [1.807, 2.05) is 12.1 Å². The summed E-state index contributed by atoms with van der Waals surface area (Å²) in [5.74, 6) is -0.555. The average Bonchev–Trinajstić information content (AvgIpc) is 2.52. The summed E-state index contributed by atoms with van der Waals surface area (Å²) in [6.45, 7) is 5.07. The van der Waals surface area contributed by atoms with Gasteiger partial charge in [-0.25, -0.2) is 4.79 Å². The molecule has 0 saturated heterocycles. The van der Waals surface area contributed by atoms with Gasteiger partial charge in [-0.3, -0.25) is 14.3 Å². The zero-order valence-corrected chi connectivity index (χ0v) is 13.5. The molecule has 1 heterocycles. The number of rotatable bonds is 5. The van der Waals surface area contributed by atoms with E-state index >= 15 is 0 Å². The number of hydrogen-bond acceptors (Lipinski definition) is 4. The summed E-state index contributed by atoms with van der Waals surface area (Å²) in [7, 11) is 1.56. The van der Waals surface area contributed by atoms with Gasteiger partial charge in [0.1, 0.15) is 11.6 Å². The van der Waals surface area contributed by atoms with Crippen LogP contribution >= 0.6 is 0 Å². The summed E-state index contributed by atoms with van der Waals surface area (Å²) in [4.78, 5) is 26.3. The third-order valence-corrected chi connectivity index (χ3v) is 3.55. The van der Waals surface area contributed by atoms with Crippen molar-refractivity contribution in [2.24, 2.45) is 0 Å². The molecule has 23 heavy (non-hydrogen) atoms. The maximum absolute atomic E-state index is 14.2. The van der Waals surface area contributed by atoms with Crippen molar-refractivity contribution in [1.82, 2.24) is 9.55 Å². The molecule has 0 aliphatic heterocycles. The molecular formula is C16H20FN3O3. The van der Waals surface area contributed by atoms with Crippen LogP contribution in [0.2, 0.25) is 0 Å². The molecule has 6 nitrogen and oxygen atoms in total. The molecule has 2 rings (SSSR count). The van der Waals surface area contributed by atoms with E-state index < -0.39 is 23.1 Å². The van der Waals surface area contributed by atoms with Gasteiger partial charge >= 0.3 is 5.69 Å². The molecule has 0 bridgehead atoms. The molecule has 1 atom stereocenters. The highest BCUT2D eigenvalue weighted by Crippen LogP contribution is 2.22. The molecule has 0 fully saturated rings. The van der Waals surface area contributed by atoms with E-state index in [0.717, 1.165) is 10.1 Å². The van der Waals surface area contributed by atoms with Crippen molar-refractivity contribution in [1.29, 1.82) is 0 Å². The number of methoxy groups -OCH3 is 1. The predicted molar refractivity (Wildman–Crippen MR) is 86.7 cm³/mol. The van der Waals surface area contributed by atoms with Crippen molar-refractivity contribution in [2.45, 2.75) is 32.9 Å². The lowest BCUT2D eigenvalue weighted by molar-refractivity contribution is 0.414. The van der Waals surface area contributed by atoms with E-state index in [-0.39, 0.29) is 11.9 Å². The van der Waals surface area contributed by atoms with E-state index in [9.17, 15) is 14.0 Å². The lowest BCUT2D eigenvalue weighted by Crippen LogP contribution is -2.39. The van der Waals surface area contributed by atoms with Gasteiger partial charge < -0.3 is 10.1 Å². The van der Waals surface area contributed by atoms with Gasteiger partial charge in [-0.1, -0.05) is 12.1 Å². The molecular weight excluding hydrogens is 301 g/mol. The molecule has 1 unspecified atom stereocenters. The molecule has 0 amide bonds. The van der Waals surface area contributed by atoms with Gasteiger partial charge in [-0.15, -0.1) is 0 Å². The Hall–Kier alpha value is -2.57. The van der Waals surface area contributed by atoms with Crippen molar-refractivity contribution in [2.75, 3.05) is 12.4 Å². The van der Waals surface area contributed by atoms with Gasteiger partial charge in [0, 0.05) is 6.04 Å². The summed E-state index contributed by atoms with van der Waals surface area (Å²) in [6, 6.07) is 6.48. The first-order valence-corrected chi connectivity index (χ1v) is 7.30. The van der Waals surface area contributed by atoms with Crippen LogP contribution in [0, 0.1) is 5.82 Å². The van der Waals surface area contributed by atoms with Crippen LogP contribution in [0.25, 0.3) is 0 Å². The molecule has 0 saturated carbocycles. The highest BCUT2D eigenvalue weighted by Gasteiger charge is 2.17. The van der Waals surface area contributed by atoms with Crippen LogP contribution < -0.4 is 21.3 Å². The van der Waals surface area contributed by atoms with Crippen LogP contribution in [0.1, 0.15) is 38.4 Å². The van der Waals surface area contributed by atoms with Gasteiger partial charge in [0.25, 0.3) is 5.56 Å². The predicted octanol–water partition coefficient (Wildman–Crippen LogP) is 2.44. The molecule has 0 aliphatic carbocycles. The zero-order valence-electron chi connectivity index (χ0n) is 13.5. The van der Waals surface area contributed by atoms with Gasteiger partial charge in [0.2, 0.25) is 5.82 Å². The van der Waals surface area contributed by atoms with E-state index in [1.54, 1.807) is 40.0 Å². The Bertz CT molecular complexity index is 811. The molecule has 0 spiro atoms. The number of anilines is 1. The molecule has 2 aromatic rings. The highest BCUT2D eigenvalue weighted by molar-refractivity contribution is 5.40. The third kappa shape index (κ3) is 3.44. The normalized spacial score (nSPS) is 12.3. The summed E-state index contributed by atoms with van der Waals surface area (Å²) in [5, 5.41) is 2.83. The number of halogens is 1.